The van der Waals surface area contributed by atoms with Crippen molar-refractivity contribution in [2.75, 3.05) is 18.4 Å². The number of aryl methyl sites for hydroxylation is 1. The smallest absolute Gasteiger partial charge is 0.223 e. The number of rotatable bonds is 3. The molecule has 0 radical (unpaired) electrons. The number of benzene rings is 1. The predicted octanol–water partition coefficient (Wildman–Crippen LogP) is 4.22. The van der Waals surface area contributed by atoms with Crippen molar-refractivity contribution in [3.05, 3.63) is 52.7 Å². The maximum atomic E-state index is 11.1. The quantitative estimate of drug-likeness (QED) is 0.664. The van der Waals surface area contributed by atoms with E-state index < -0.39 is 0 Å². The predicted molar refractivity (Wildman–Crippen MR) is 118 cm³/mol. The van der Waals surface area contributed by atoms with Crippen LogP contribution in [0.4, 0.5) is 5.13 Å². The highest BCUT2D eigenvalue weighted by molar-refractivity contribution is 7.15. The number of amides is 1. The first-order chi connectivity index (χ1) is 14.0. The zero-order valence-corrected chi connectivity index (χ0v) is 17.6. The third-order valence-electron chi connectivity index (χ3n) is 5.05. The maximum Gasteiger partial charge on any atom is 0.223 e. The Morgan fingerprint density at radius 2 is 2.10 bits per heavy atom. The van der Waals surface area contributed by atoms with Gasteiger partial charge in [0.1, 0.15) is 0 Å². The second-order valence-electron chi connectivity index (χ2n) is 7.49. The topological polar surface area (TPSA) is 58.1 Å². The number of hydrogen-bond donors (Lipinski definition) is 1. The lowest BCUT2D eigenvalue weighted by Gasteiger charge is -2.29. The molecule has 4 rings (SSSR count). The van der Waals surface area contributed by atoms with E-state index in [4.69, 9.17) is 0 Å². The second kappa shape index (κ2) is 8.73. The molecule has 0 unspecified atom stereocenters. The van der Waals surface area contributed by atoms with Gasteiger partial charge in [-0.2, -0.15) is 0 Å². The van der Waals surface area contributed by atoms with Gasteiger partial charge in [0.15, 0.2) is 5.13 Å². The molecule has 0 spiro atoms. The van der Waals surface area contributed by atoms with Crippen molar-refractivity contribution in [2.24, 2.45) is 5.92 Å². The third kappa shape index (κ3) is 5.20. The first-order valence-corrected chi connectivity index (χ1v) is 10.7. The van der Waals surface area contributed by atoms with Crippen molar-refractivity contribution in [3.8, 4) is 11.8 Å². The van der Waals surface area contributed by atoms with Gasteiger partial charge in [-0.25, -0.2) is 4.98 Å². The summed E-state index contributed by atoms with van der Waals surface area (Å²) >= 11 is 1.55. The number of pyridine rings is 1. The molecule has 2 aromatic heterocycles. The Morgan fingerprint density at radius 1 is 1.28 bits per heavy atom. The molecule has 1 saturated heterocycles. The van der Waals surface area contributed by atoms with Crippen molar-refractivity contribution in [2.45, 2.75) is 33.2 Å². The number of carbonyl (C=O) groups excluding carboxylic acids is 1. The lowest BCUT2D eigenvalue weighted by molar-refractivity contribution is -0.114. The van der Waals surface area contributed by atoms with Crippen LogP contribution in [0.15, 0.2) is 36.5 Å². The van der Waals surface area contributed by atoms with Gasteiger partial charge in [-0.05, 0) is 57.1 Å². The van der Waals surface area contributed by atoms with E-state index >= 15 is 0 Å². The summed E-state index contributed by atoms with van der Waals surface area (Å²) in [4.78, 5) is 23.5. The highest BCUT2D eigenvalue weighted by Gasteiger charge is 2.18. The lowest BCUT2D eigenvalue weighted by Crippen LogP contribution is -2.32. The van der Waals surface area contributed by atoms with Gasteiger partial charge in [0.25, 0.3) is 0 Å². The van der Waals surface area contributed by atoms with Gasteiger partial charge >= 0.3 is 0 Å². The van der Waals surface area contributed by atoms with Crippen LogP contribution in [0, 0.1) is 24.7 Å². The Kier molecular flexibility index (Phi) is 5.89. The van der Waals surface area contributed by atoms with Crippen LogP contribution in [0.2, 0.25) is 0 Å². The number of nitrogens with one attached hydrogen (secondary N) is 1. The minimum Gasteiger partial charge on any atom is -0.302 e. The van der Waals surface area contributed by atoms with Crippen molar-refractivity contribution in [3.63, 3.8) is 0 Å². The molecule has 0 aliphatic carbocycles. The summed E-state index contributed by atoms with van der Waals surface area (Å²) < 4.78 is 0. The van der Waals surface area contributed by atoms with Crippen LogP contribution >= 0.6 is 11.3 Å². The number of likely N-dealkylation sites (tertiary alicyclic amines) is 1. The molecule has 29 heavy (non-hydrogen) atoms. The summed E-state index contributed by atoms with van der Waals surface area (Å²) in [6.07, 6.45) is 4.02. The number of nitrogens with zero attached hydrogens (tertiary/aromatic N) is 3. The van der Waals surface area contributed by atoms with E-state index in [1.54, 1.807) is 11.3 Å². The first-order valence-electron chi connectivity index (χ1n) is 9.89. The van der Waals surface area contributed by atoms with Crippen LogP contribution in [0.1, 0.15) is 35.9 Å². The molecule has 1 fully saturated rings. The molecule has 0 atom stereocenters. The van der Waals surface area contributed by atoms with Crippen LogP contribution in [0.3, 0.4) is 0 Å². The third-order valence-corrected chi connectivity index (χ3v) is 5.95. The van der Waals surface area contributed by atoms with Gasteiger partial charge in [-0.15, -0.1) is 11.3 Å². The number of hydrogen-bond acceptors (Lipinski definition) is 5. The van der Waals surface area contributed by atoms with Crippen LogP contribution in [-0.2, 0) is 11.3 Å². The highest BCUT2D eigenvalue weighted by atomic mass is 32.1. The normalized spacial score (nSPS) is 15.1. The fraction of sp³-hybridized carbons (Fsp3) is 0.348. The molecule has 3 aromatic rings. The average Bonchev–Trinajstić information content (AvgIpc) is 3.13. The fourth-order valence-corrected chi connectivity index (χ4v) is 4.44. The highest BCUT2D eigenvalue weighted by Crippen LogP contribution is 2.23. The van der Waals surface area contributed by atoms with Crippen molar-refractivity contribution in [1.29, 1.82) is 0 Å². The summed E-state index contributed by atoms with van der Waals surface area (Å²) in [6.45, 7) is 6.47. The summed E-state index contributed by atoms with van der Waals surface area (Å²) in [5, 5.41) is 4.56. The van der Waals surface area contributed by atoms with E-state index in [1.165, 1.54) is 11.8 Å². The van der Waals surface area contributed by atoms with Gasteiger partial charge in [-0.1, -0.05) is 17.9 Å². The van der Waals surface area contributed by atoms with Gasteiger partial charge in [0, 0.05) is 47.1 Å². The number of fused-ring (bicyclic) bond motifs is 1. The molecule has 3 heterocycles. The van der Waals surface area contributed by atoms with E-state index in [1.807, 2.05) is 19.2 Å². The summed E-state index contributed by atoms with van der Waals surface area (Å²) in [5.74, 6) is 7.19. The second-order valence-corrected chi connectivity index (χ2v) is 8.61. The molecule has 6 heteroatoms. The van der Waals surface area contributed by atoms with Crippen molar-refractivity contribution >= 4 is 33.3 Å². The van der Waals surface area contributed by atoms with Gasteiger partial charge < -0.3 is 5.32 Å². The minimum absolute atomic E-state index is 0.0805. The summed E-state index contributed by atoms with van der Waals surface area (Å²) in [7, 11) is 0. The fourth-order valence-electron chi connectivity index (χ4n) is 3.54. The largest absolute Gasteiger partial charge is 0.302 e. The Balaban J connectivity index is 1.32. The molecular formula is C23H24N4OS. The molecule has 1 aliphatic heterocycles. The molecule has 0 saturated carbocycles. The van der Waals surface area contributed by atoms with E-state index in [0.29, 0.717) is 11.0 Å². The number of aromatic nitrogens is 2. The Labute approximate surface area is 175 Å². The SMILES string of the molecule is CC(=O)Nc1ncc(CN2CCC(C#Cc3ccc4nc(C)ccc4c3)CC2)s1. The lowest BCUT2D eigenvalue weighted by atomic mass is 9.97. The number of anilines is 1. The van der Waals surface area contributed by atoms with Crippen LogP contribution in [0.25, 0.3) is 10.9 Å². The van der Waals surface area contributed by atoms with Gasteiger partial charge in [0.2, 0.25) is 5.91 Å². The molecule has 1 amide bonds. The van der Waals surface area contributed by atoms with E-state index in [2.05, 4.69) is 56.3 Å². The summed E-state index contributed by atoms with van der Waals surface area (Å²) in [5.41, 5.74) is 3.11. The molecule has 148 valence electrons. The molecule has 1 aromatic carbocycles. The van der Waals surface area contributed by atoms with Crippen LogP contribution < -0.4 is 5.32 Å². The summed E-state index contributed by atoms with van der Waals surface area (Å²) in [6, 6.07) is 10.4. The van der Waals surface area contributed by atoms with Crippen molar-refractivity contribution < 1.29 is 4.79 Å². The van der Waals surface area contributed by atoms with E-state index in [0.717, 1.165) is 54.6 Å². The Bertz CT molecular complexity index is 1090. The van der Waals surface area contributed by atoms with Gasteiger partial charge in [-0.3, -0.25) is 14.7 Å². The van der Waals surface area contributed by atoms with E-state index in [9.17, 15) is 4.79 Å². The van der Waals surface area contributed by atoms with Crippen LogP contribution in [-0.4, -0.2) is 33.9 Å². The molecule has 5 nitrogen and oxygen atoms in total. The molecule has 1 N–H and O–H groups in total. The number of thiazole rings is 1. The minimum atomic E-state index is -0.0805. The molecule has 1 aliphatic rings. The van der Waals surface area contributed by atoms with E-state index in [-0.39, 0.29) is 5.91 Å². The zero-order valence-electron chi connectivity index (χ0n) is 16.7. The maximum absolute atomic E-state index is 11.1. The number of piperidine rings is 1. The molecule has 0 bridgehead atoms. The van der Waals surface area contributed by atoms with Crippen molar-refractivity contribution in [1.82, 2.24) is 14.9 Å². The standard InChI is InChI=1S/C23H24N4OS/c1-16-3-7-20-13-19(6-8-22(20)25-16)5-4-18-9-11-27(12-10-18)15-21-14-24-23(29-21)26-17(2)28/h3,6-8,13-14,18H,9-12,15H2,1-2H3,(H,24,26,28). The Hall–Kier alpha value is -2.75. The van der Waals surface area contributed by atoms with Crippen LogP contribution in [0.5, 0.6) is 0 Å². The monoisotopic (exact) mass is 404 g/mol. The average molecular weight is 405 g/mol. The molecular weight excluding hydrogens is 380 g/mol. The Morgan fingerprint density at radius 3 is 2.90 bits per heavy atom. The first kappa shape index (κ1) is 19.6. The number of carbonyl (C=O) groups is 1. The zero-order chi connectivity index (χ0) is 20.2. The van der Waals surface area contributed by atoms with Gasteiger partial charge in [0.05, 0.1) is 5.52 Å².